The lowest BCUT2D eigenvalue weighted by molar-refractivity contribution is -0.125. The lowest BCUT2D eigenvalue weighted by Crippen LogP contribution is -2.40. The summed E-state index contributed by atoms with van der Waals surface area (Å²) in [5, 5.41) is 14.7. The van der Waals surface area contributed by atoms with Crippen LogP contribution >= 0.6 is 11.8 Å². The number of rotatable bonds is 9. The molecule has 9 nitrogen and oxygen atoms in total. The molecule has 0 bridgehead atoms. The van der Waals surface area contributed by atoms with Crippen LogP contribution in [0, 0.1) is 5.92 Å². The molecule has 2 heterocycles. The zero-order chi connectivity index (χ0) is 19.8. The van der Waals surface area contributed by atoms with Gasteiger partial charge in [-0.05, 0) is 19.8 Å². The summed E-state index contributed by atoms with van der Waals surface area (Å²) in [7, 11) is 0. The van der Waals surface area contributed by atoms with Gasteiger partial charge in [-0.1, -0.05) is 25.6 Å². The minimum absolute atomic E-state index is 0.0186. The van der Waals surface area contributed by atoms with Crippen LogP contribution in [0.3, 0.4) is 0 Å². The van der Waals surface area contributed by atoms with Gasteiger partial charge < -0.3 is 20.3 Å². The maximum absolute atomic E-state index is 12.1. The second kappa shape index (κ2) is 10.5. The maximum atomic E-state index is 12.1. The molecule has 10 heteroatoms. The highest BCUT2D eigenvalue weighted by Gasteiger charge is 2.21. The van der Waals surface area contributed by atoms with E-state index in [0.29, 0.717) is 24.3 Å². The number of carbonyl (C=O) groups is 2. The smallest absolute Gasteiger partial charge is 0.239 e. The van der Waals surface area contributed by atoms with Gasteiger partial charge in [0.05, 0.1) is 25.5 Å². The number of carbonyl (C=O) groups excluding carboxylic acids is 2. The van der Waals surface area contributed by atoms with Crippen LogP contribution in [0.1, 0.15) is 27.7 Å². The van der Waals surface area contributed by atoms with Crippen molar-refractivity contribution in [1.82, 2.24) is 25.4 Å². The lowest BCUT2D eigenvalue weighted by Gasteiger charge is -2.28. The lowest BCUT2D eigenvalue weighted by atomic mass is 10.2. The summed E-state index contributed by atoms with van der Waals surface area (Å²) < 4.78 is 7.48. The highest BCUT2D eigenvalue weighted by molar-refractivity contribution is 7.99. The van der Waals surface area contributed by atoms with Crippen molar-refractivity contribution in [3.8, 4) is 0 Å². The predicted octanol–water partition coefficient (Wildman–Crippen LogP) is 0.504. The number of nitrogens with zero attached hydrogens (tertiary/aromatic N) is 4. The van der Waals surface area contributed by atoms with Crippen molar-refractivity contribution in [3.63, 3.8) is 0 Å². The van der Waals surface area contributed by atoms with Gasteiger partial charge in [-0.3, -0.25) is 14.2 Å². The second-order valence-corrected chi connectivity index (χ2v) is 8.12. The van der Waals surface area contributed by atoms with Crippen molar-refractivity contribution < 1.29 is 14.3 Å². The third-order valence-corrected chi connectivity index (χ3v) is 4.73. The number of amides is 2. The molecule has 1 aromatic rings. The van der Waals surface area contributed by atoms with E-state index in [0.717, 1.165) is 25.6 Å². The van der Waals surface area contributed by atoms with Crippen LogP contribution in [0.2, 0.25) is 0 Å². The Hall–Kier alpha value is -1.81. The minimum Gasteiger partial charge on any atom is -0.378 e. The Kier molecular flexibility index (Phi) is 8.36. The molecule has 2 amide bonds. The highest BCUT2D eigenvalue weighted by Crippen LogP contribution is 2.24. The Bertz CT molecular complexity index is 628. The third kappa shape index (κ3) is 7.02. The van der Waals surface area contributed by atoms with E-state index in [9.17, 15) is 9.59 Å². The fourth-order valence-electron chi connectivity index (χ4n) is 2.64. The first-order valence-electron chi connectivity index (χ1n) is 9.31. The largest absolute Gasteiger partial charge is 0.378 e. The van der Waals surface area contributed by atoms with E-state index in [1.807, 2.05) is 13.8 Å². The Morgan fingerprint density at radius 1 is 1.15 bits per heavy atom. The van der Waals surface area contributed by atoms with E-state index in [1.54, 1.807) is 0 Å². The topological polar surface area (TPSA) is 101 Å². The molecule has 0 atom stereocenters. The molecule has 1 aliphatic heterocycles. The monoisotopic (exact) mass is 398 g/mol. The van der Waals surface area contributed by atoms with E-state index in [-0.39, 0.29) is 30.2 Å². The quantitative estimate of drug-likeness (QED) is 0.584. The summed E-state index contributed by atoms with van der Waals surface area (Å²) in [5.74, 6) is 1.04. The molecule has 0 spiro atoms. The Morgan fingerprint density at radius 2 is 1.85 bits per heavy atom. The molecular formula is C17H30N6O3S. The molecule has 1 saturated heterocycles. The first kappa shape index (κ1) is 21.5. The van der Waals surface area contributed by atoms with Gasteiger partial charge in [0.2, 0.25) is 17.8 Å². The van der Waals surface area contributed by atoms with E-state index >= 15 is 0 Å². The molecule has 0 aliphatic carbocycles. The molecule has 1 aliphatic rings. The van der Waals surface area contributed by atoms with Gasteiger partial charge in [0.15, 0.2) is 5.16 Å². The zero-order valence-corrected chi connectivity index (χ0v) is 17.3. The Labute approximate surface area is 164 Å². The van der Waals surface area contributed by atoms with Crippen LogP contribution in [0.5, 0.6) is 0 Å². The van der Waals surface area contributed by atoms with E-state index in [1.165, 1.54) is 11.8 Å². The van der Waals surface area contributed by atoms with Gasteiger partial charge in [0, 0.05) is 25.7 Å². The Balaban J connectivity index is 1.93. The second-order valence-electron chi connectivity index (χ2n) is 7.17. The van der Waals surface area contributed by atoms with Crippen LogP contribution in [0.4, 0.5) is 5.95 Å². The van der Waals surface area contributed by atoms with Crippen LogP contribution in [-0.2, 0) is 20.9 Å². The molecular weight excluding hydrogens is 368 g/mol. The fraction of sp³-hybridized carbons (Fsp3) is 0.765. The Morgan fingerprint density at radius 3 is 2.48 bits per heavy atom. The number of nitrogens with one attached hydrogen (secondary N) is 2. The third-order valence-electron chi connectivity index (χ3n) is 3.77. The summed E-state index contributed by atoms with van der Waals surface area (Å²) in [5.41, 5.74) is 0. The zero-order valence-electron chi connectivity index (χ0n) is 16.5. The minimum atomic E-state index is -0.203. The van der Waals surface area contributed by atoms with Crippen LogP contribution in [0.25, 0.3) is 0 Å². The van der Waals surface area contributed by atoms with Gasteiger partial charge in [-0.15, -0.1) is 10.2 Å². The number of aromatic nitrogens is 3. The van der Waals surface area contributed by atoms with Crippen molar-refractivity contribution >= 4 is 29.5 Å². The predicted molar refractivity (Wildman–Crippen MR) is 105 cm³/mol. The van der Waals surface area contributed by atoms with Crippen molar-refractivity contribution in [2.45, 2.75) is 45.4 Å². The number of anilines is 1. The summed E-state index contributed by atoms with van der Waals surface area (Å²) in [6.45, 7) is 11.7. The fourth-order valence-corrected chi connectivity index (χ4v) is 3.42. The van der Waals surface area contributed by atoms with Gasteiger partial charge in [0.25, 0.3) is 0 Å². The molecule has 1 fully saturated rings. The first-order valence-corrected chi connectivity index (χ1v) is 10.3. The van der Waals surface area contributed by atoms with E-state index < -0.39 is 0 Å². The molecule has 0 radical (unpaired) electrons. The van der Waals surface area contributed by atoms with Crippen molar-refractivity contribution in [3.05, 3.63) is 0 Å². The van der Waals surface area contributed by atoms with Crippen LogP contribution in [-0.4, -0.2) is 71.2 Å². The molecule has 2 N–H and O–H groups in total. The van der Waals surface area contributed by atoms with Gasteiger partial charge >= 0.3 is 0 Å². The molecule has 152 valence electrons. The molecule has 0 aromatic carbocycles. The summed E-state index contributed by atoms with van der Waals surface area (Å²) in [6, 6.07) is 0.0528. The maximum Gasteiger partial charge on any atom is 0.239 e. The average molecular weight is 399 g/mol. The van der Waals surface area contributed by atoms with Crippen molar-refractivity contribution in [1.29, 1.82) is 0 Å². The molecule has 27 heavy (non-hydrogen) atoms. The van der Waals surface area contributed by atoms with Crippen LogP contribution < -0.4 is 15.5 Å². The molecule has 1 aromatic heterocycles. The van der Waals surface area contributed by atoms with Gasteiger partial charge in [0.1, 0.15) is 0 Å². The summed E-state index contributed by atoms with van der Waals surface area (Å²) in [6.07, 6.45) is 0. The number of ether oxygens (including phenoxy) is 1. The summed E-state index contributed by atoms with van der Waals surface area (Å²) >= 11 is 1.34. The number of hydrogen-bond acceptors (Lipinski definition) is 7. The van der Waals surface area contributed by atoms with Crippen LogP contribution in [0.15, 0.2) is 5.16 Å². The van der Waals surface area contributed by atoms with E-state index in [2.05, 4.69) is 44.1 Å². The first-order chi connectivity index (χ1) is 12.9. The number of thioether (sulfide) groups is 1. The number of hydrogen-bond donors (Lipinski definition) is 2. The van der Waals surface area contributed by atoms with E-state index in [4.69, 9.17) is 4.74 Å². The molecule has 0 saturated carbocycles. The van der Waals surface area contributed by atoms with Crippen molar-refractivity contribution in [2.24, 2.45) is 5.92 Å². The SMILES string of the molecule is CC(C)Cn1c(SCC(=O)NCC(=O)NC(C)C)nnc1N1CCOCC1. The van der Waals surface area contributed by atoms with Gasteiger partial charge in [-0.25, -0.2) is 0 Å². The van der Waals surface area contributed by atoms with Crippen molar-refractivity contribution in [2.75, 3.05) is 43.5 Å². The highest BCUT2D eigenvalue weighted by atomic mass is 32.2. The normalized spacial score (nSPS) is 14.7. The van der Waals surface area contributed by atoms with Gasteiger partial charge in [-0.2, -0.15) is 0 Å². The number of morpholine rings is 1. The standard InChI is InChI=1S/C17H30N6O3S/c1-12(2)10-23-16(22-5-7-26-8-6-22)20-21-17(23)27-11-15(25)18-9-14(24)19-13(3)4/h12-13H,5-11H2,1-4H3,(H,18,25)(H,19,24). The average Bonchev–Trinajstić information content (AvgIpc) is 3.00. The molecule has 0 unspecified atom stereocenters. The molecule has 2 rings (SSSR count). The summed E-state index contributed by atoms with van der Waals surface area (Å²) in [4.78, 5) is 25.8.